The molecule has 1 saturated heterocycles. The first-order valence-corrected chi connectivity index (χ1v) is 11.6. The van der Waals surface area contributed by atoms with Gasteiger partial charge in [-0.15, -0.1) is 16.4 Å². The van der Waals surface area contributed by atoms with E-state index in [0.717, 1.165) is 33.8 Å². The highest BCUT2D eigenvalue weighted by Gasteiger charge is 2.41. The molecule has 1 aromatic carbocycles. The number of amides is 1. The van der Waals surface area contributed by atoms with Crippen molar-refractivity contribution in [3.63, 3.8) is 0 Å². The van der Waals surface area contributed by atoms with Crippen LogP contribution in [0.15, 0.2) is 24.4 Å². The SMILES string of the molecule is CC(C)C(C(=O)N1C[C@H](O)C[C@H]1c1nc2cc(Cl)ccc2s1)n1cc(C2CC2)nn1. The van der Waals surface area contributed by atoms with Gasteiger partial charge in [-0.1, -0.05) is 30.7 Å². The number of carbonyl (C=O) groups is 1. The molecule has 7 nitrogen and oxygen atoms in total. The summed E-state index contributed by atoms with van der Waals surface area (Å²) in [6.07, 6.45) is 4.11. The van der Waals surface area contributed by atoms with E-state index in [-0.39, 0.29) is 17.9 Å². The van der Waals surface area contributed by atoms with Crippen molar-refractivity contribution in [3.05, 3.63) is 40.1 Å². The summed E-state index contributed by atoms with van der Waals surface area (Å²) in [4.78, 5) is 20.2. The number of aromatic nitrogens is 4. The first-order valence-electron chi connectivity index (χ1n) is 10.4. The second-order valence-corrected chi connectivity index (χ2v) is 10.1. The van der Waals surface area contributed by atoms with Gasteiger partial charge >= 0.3 is 0 Å². The van der Waals surface area contributed by atoms with Gasteiger partial charge < -0.3 is 10.0 Å². The highest BCUT2D eigenvalue weighted by molar-refractivity contribution is 7.18. The van der Waals surface area contributed by atoms with Crippen molar-refractivity contribution in [2.24, 2.45) is 5.92 Å². The van der Waals surface area contributed by atoms with Crippen LogP contribution in [0.1, 0.15) is 61.8 Å². The molecule has 3 atom stereocenters. The lowest BCUT2D eigenvalue weighted by Crippen LogP contribution is -2.40. The lowest BCUT2D eigenvalue weighted by atomic mass is 10.0. The van der Waals surface area contributed by atoms with Crippen LogP contribution in [0.4, 0.5) is 0 Å². The molecule has 3 heterocycles. The number of hydrogen-bond donors (Lipinski definition) is 1. The van der Waals surface area contributed by atoms with Gasteiger partial charge in [0, 0.05) is 30.1 Å². The van der Waals surface area contributed by atoms with Gasteiger partial charge in [0.1, 0.15) is 11.0 Å². The number of fused-ring (bicyclic) bond motifs is 1. The molecule has 0 radical (unpaired) electrons. The van der Waals surface area contributed by atoms with E-state index in [2.05, 4.69) is 10.3 Å². The van der Waals surface area contributed by atoms with Gasteiger partial charge in [-0.25, -0.2) is 9.67 Å². The fourth-order valence-electron chi connectivity index (χ4n) is 4.22. The highest BCUT2D eigenvalue weighted by atomic mass is 35.5. The maximum atomic E-state index is 13.7. The molecule has 1 saturated carbocycles. The van der Waals surface area contributed by atoms with E-state index in [1.807, 2.05) is 38.2 Å². The van der Waals surface area contributed by atoms with Crippen LogP contribution in [0.25, 0.3) is 10.2 Å². The Morgan fingerprint density at radius 2 is 2.13 bits per heavy atom. The second kappa shape index (κ2) is 7.59. The topological polar surface area (TPSA) is 84.1 Å². The second-order valence-electron chi connectivity index (χ2n) is 8.65. The zero-order chi connectivity index (χ0) is 21.0. The Balaban J connectivity index is 1.46. The quantitative estimate of drug-likeness (QED) is 0.642. The Hall–Kier alpha value is -2.03. The van der Waals surface area contributed by atoms with E-state index >= 15 is 0 Å². The number of likely N-dealkylation sites (tertiary alicyclic amines) is 1. The number of thiazole rings is 1. The first kappa shape index (κ1) is 19.9. The summed E-state index contributed by atoms with van der Waals surface area (Å²) in [6, 6.07) is 4.91. The van der Waals surface area contributed by atoms with Crippen molar-refractivity contribution in [3.8, 4) is 0 Å². The van der Waals surface area contributed by atoms with Crippen molar-refractivity contribution in [1.82, 2.24) is 24.9 Å². The predicted octanol–water partition coefficient (Wildman–Crippen LogP) is 3.95. The van der Waals surface area contributed by atoms with E-state index in [0.29, 0.717) is 23.9 Å². The Morgan fingerprint density at radius 1 is 1.33 bits per heavy atom. The van der Waals surface area contributed by atoms with Crippen LogP contribution in [0.3, 0.4) is 0 Å². The molecule has 2 aromatic heterocycles. The molecule has 2 fully saturated rings. The van der Waals surface area contributed by atoms with Crippen molar-refractivity contribution < 1.29 is 9.90 Å². The summed E-state index contributed by atoms with van der Waals surface area (Å²) in [6.45, 7) is 4.33. The third-order valence-electron chi connectivity index (χ3n) is 5.91. The third kappa shape index (κ3) is 3.61. The number of β-amino-alcohol motifs (C(OH)–C–C–N with tert-alkyl or cyclic N) is 1. The van der Waals surface area contributed by atoms with Crippen LogP contribution in [0.5, 0.6) is 0 Å². The van der Waals surface area contributed by atoms with Gasteiger partial charge in [0.25, 0.3) is 0 Å². The van der Waals surface area contributed by atoms with Crippen molar-refractivity contribution in [2.45, 2.75) is 57.2 Å². The average Bonchev–Trinajstić information content (AvgIpc) is 3.10. The number of carbonyl (C=O) groups excluding carboxylic acids is 1. The van der Waals surface area contributed by atoms with Crippen molar-refractivity contribution in [1.29, 1.82) is 0 Å². The predicted molar refractivity (Wildman–Crippen MR) is 116 cm³/mol. The Kier molecular flexibility index (Phi) is 5.03. The van der Waals surface area contributed by atoms with Crippen molar-refractivity contribution in [2.75, 3.05) is 6.54 Å². The van der Waals surface area contributed by atoms with Gasteiger partial charge in [-0.05, 0) is 37.0 Å². The number of benzene rings is 1. The number of rotatable bonds is 5. The summed E-state index contributed by atoms with van der Waals surface area (Å²) in [5, 5.41) is 20.4. The van der Waals surface area contributed by atoms with Crippen LogP contribution in [0.2, 0.25) is 5.02 Å². The molecule has 0 bridgehead atoms. The molecule has 2 aliphatic rings. The average molecular weight is 446 g/mol. The fraction of sp³-hybridized carbons (Fsp3) is 0.524. The number of hydrogen-bond acceptors (Lipinski definition) is 6. The summed E-state index contributed by atoms with van der Waals surface area (Å²) < 4.78 is 2.73. The van der Waals surface area contributed by atoms with Crippen LogP contribution in [-0.4, -0.2) is 48.5 Å². The molecular weight excluding hydrogens is 422 g/mol. The first-order chi connectivity index (χ1) is 14.4. The summed E-state index contributed by atoms with van der Waals surface area (Å²) in [7, 11) is 0. The van der Waals surface area contributed by atoms with Crippen LogP contribution < -0.4 is 0 Å². The molecular formula is C21H24ClN5O2S. The third-order valence-corrected chi connectivity index (χ3v) is 7.28. The lowest BCUT2D eigenvalue weighted by Gasteiger charge is -2.29. The monoisotopic (exact) mass is 445 g/mol. The molecule has 1 N–H and O–H groups in total. The highest BCUT2D eigenvalue weighted by Crippen LogP contribution is 2.41. The van der Waals surface area contributed by atoms with Crippen LogP contribution in [-0.2, 0) is 4.79 Å². The summed E-state index contributed by atoms with van der Waals surface area (Å²) in [5.74, 6) is 0.479. The molecule has 30 heavy (non-hydrogen) atoms. The van der Waals surface area contributed by atoms with E-state index in [1.165, 1.54) is 0 Å². The minimum Gasteiger partial charge on any atom is -0.391 e. The van der Waals surface area contributed by atoms with Gasteiger partial charge in [0.15, 0.2) is 0 Å². The van der Waals surface area contributed by atoms with Crippen molar-refractivity contribution >= 4 is 39.1 Å². The summed E-state index contributed by atoms with van der Waals surface area (Å²) >= 11 is 7.66. The number of aliphatic hydroxyl groups excluding tert-OH is 1. The molecule has 1 unspecified atom stereocenters. The number of aliphatic hydroxyl groups is 1. The van der Waals surface area contributed by atoms with Gasteiger partial charge in [0.05, 0.1) is 28.1 Å². The Bertz CT molecular complexity index is 1090. The maximum absolute atomic E-state index is 13.7. The van der Waals surface area contributed by atoms with Crippen LogP contribution in [0, 0.1) is 5.92 Å². The largest absolute Gasteiger partial charge is 0.391 e. The molecule has 158 valence electrons. The summed E-state index contributed by atoms with van der Waals surface area (Å²) in [5.41, 5.74) is 1.79. The number of halogens is 1. The van der Waals surface area contributed by atoms with Crippen LogP contribution >= 0.6 is 22.9 Å². The van der Waals surface area contributed by atoms with Gasteiger partial charge in [0.2, 0.25) is 5.91 Å². The van der Waals surface area contributed by atoms with Gasteiger partial charge in [-0.2, -0.15) is 0 Å². The fourth-order valence-corrected chi connectivity index (χ4v) is 5.46. The van der Waals surface area contributed by atoms with E-state index in [4.69, 9.17) is 16.6 Å². The maximum Gasteiger partial charge on any atom is 0.248 e. The molecule has 9 heteroatoms. The molecule has 1 aliphatic carbocycles. The van der Waals surface area contributed by atoms with E-state index < -0.39 is 12.1 Å². The smallest absolute Gasteiger partial charge is 0.248 e. The molecule has 1 amide bonds. The normalized spacial score (nSPS) is 22.9. The molecule has 0 spiro atoms. The molecule has 5 rings (SSSR count). The van der Waals surface area contributed by atoms with E-state index in [9.17, 15) is 9.90 Å². The number of nitrogens with zero attached hydrogens (tertiary/aromatic N) is 5. The Labute approximate surface area is 183 Å². The Morgan fingerprint density at radius 3 is 2.87 bits per heavy atom. The zero-order valence-corrected chi connectivity index (χ0v) is 18.5. The van der Waals surface area contributed by atoms with E-state index in [1.54, 1.807) is 20.9 Å². The lowest BCUT2D eigenvalue weighted by molar-refractivity contribution is -0.137. The molecule has 1 aliphatic heterocycles. The van der Waals surface area contributed by atoms with Gasteiger partial charge in [-0.3, -0.25) is 4.79 Å². The standard InChI is InChI=1S/C21H24ClN5O2S/c1-11(2)19(27-10-16(24-25-27)12-3-4-12)21(29)26-9-14(28)8-17(26)20-23-15-7-13(22)5-6-18(15)30-20/h5-7,10-12,14,17,19,28H,3-4,8-9H2,1-2H3/t14-,17+,19?/m1/s1. The minimum atomic E-state index is -0.569. The molecule has 3 aromatic rings. The zero-order valence-electron chi connectivity index (χ0n) is 16.9. The minimum absolute atomic E-state index is 0.0406.